The van der Waals surface area contributed by atoms with Crippen LogP contribution in [0.4, 0.5) is 0 Å². The molecule has 0 radical (unpaired) electrons. The lowest BCUT2D eigenvalue weighted by atomic mass is 9.51. The predicted molar refractivity (Wildman–Crippen MR) is 63.8 cm³/mol. The van der Waals surface area contributed by atoms with Crippen molar-refractivity contribution in [3.8, 4) is 0 Å². The summed E-state index contributed by atoms with van der Waals surface area (Å²) in [4.78, 5) is 3.78. The second-order valence-corrected chi connectivity index (χ2v) is 4.22. The van der Waals surface area contributed by atoms with Crippen molar-refractivity contribution in [2.45, 2.75) is 26.1 Å². The molecular formula is C11H18BN. The van der Waals surface area contributed by atoms with Gasteiger partial charge in [0.2, 0.25) is 0 Å². The number of hydrogen-bond acceptors (Lipinski definition) is 1. The average Bonchev–Trinajstić information content (AvgIpc) is 1.98. The third-order valence-electron chi connectivity index (χ3n) is 1.44. The molecule has 0 heterocycles. The summed E-state index contributed by atoms with van der Waals surface area (Å²) >= 11 is 0. The first-order chi connectivity index (χ1) is 5.99. The number of rotatable bonds is 4. The fourth-order valence-electron chi connectivity index (χ4n) is 1.07. The van der Waals surface area contributed by atoms with Crippen LogP contribution in [0.15, 0.2) is 41.5 Å². The van der Waals surface area contributed by atoms with Crippen LogP contribution in [-0.4, -0.2) is 14.0 Å². The van der Waals surface area contributed by atoms with E-state index in [4.69, 9.17) is 0 Å². The largest absolute Gasteiger partial charge is 0.273 e. The zero-order chi connectivity index (χ0) is 10.3. The fraction of sp³-hybridized carbons (Fsp3) is 0.364. The zero-order valence-electron chi connectivity index (χ0n) is 8.88. The van der Waals surface area contributed by atoms with Crippen molar-refractivity contribution < 1.29 is 0 Å². The van der Waals surface area contributed by atoms with Crippen LogP contribution in [0.1, 0.15) is 20.8 Å². The molecule has 0 aromatic rings. The molecule has 0 aliphatic rings. The zero-order valence-corrected chi connectivity index (χ0v) is 8.88. The highest BCUT2D eigenvalue weighted by Crippen LogP contribution is 2.23. The highest BCUT2D eigenvalue weighted by atomic mass is 14.6. The maximum absolute atomic E-state index is 3.78. The lowest BCUT2D eigenvalue weighted by Crippen LogP contribution is -2.09. The summed E-state index contributed by atoms with van der Waals surface area (Å²) < 4.78 is 0. The lowest BCUT2D eigenvalue weighted by Gasteiger charge is -2.16. The summed E-state index contributed by atoms with van der Waals surface area (Å²) in [6, 6.07) is 0. The molecule has 0 aliphatic carbocycles. The van der Waals surface area contributed by atoms with Crippen molar-refractivity contribution in [1.82, 2.24) is 0 Å². The molecule has 13 heavy (non-hydrogen) atoms. The molecule has 1 nitrogen and oxygen atoms in total. The van der Waals surface area contributed by atoms with E-state index < -0.39 is 0 Å². The van der Waals surface area contributed by atoms with Gasteiger partial charge in [0.1, 0.15) is 0 Å². The van der Waals surface area contributed by atoms with Crippen LogP contribution in [0.3, 0.4) is 0 Å². The van der Waals surface area contributed by atoms with Crippen LogP contribution in [0.5, 0.6) is 0 Å². The first kappa shape index (κ1) is 12.0. The molecular weight excluding hydrogens is 157 g/mol. The van der Waals surface area contributed by atoms with Gasteiger partial charge in [-0.2, -0.15) is 0 Å². The van der Waals surface area contributed by atoms with Crippen molar-refractivity contribution in [3.05, 3.63) is 36.5 Å². The van der Waals surface area contributed by atoms with Crippen LogP contribution < -0.4 is 0 Å². The molecule has 0 spiro atoms. The van der Waals surface area contributed by atoms with Gasteiger partial charge in [-0.15, -0.1) is 0 Å². The van der Waals surface area contributed by atoms with Gasteiger partial charge >= 0.3 is 0 Å². The second-order valence-electron chi connectivity index (χ2n) is 4.22. The van der Waals surface area contributed by atoms with E-state index in [1.807, 2.05) is 12.2 Å². The Balaban J connectivity index is 4.45. The van der Waals surface area contributed by atoms with E-state index in [2.05, 4.69) is 39.1 Å². The Labute approximate surface area is 82.2 Å². The summed E-state index contributed by atoms with van der Waals surface area (Å²) in [5, 5.41) is 0.280. The molecule has 0 bridgehead atoms. The highest BCUT2D eigenvalue weighted by Gasteiger charge is 2.13. The Hall–Kier alpha value is -1.05. The van der Waals surface area contributed by atoms with Gasteiger partial charge in [0.25, 0.3) is 0 Å². The maximum atomic E-state index is 3.78. The average molecular weight is 175 g/mol. The standard InChI is InChI=1S/C11H18BN/c1-6-7-8-10(9-13-5)12-11(2,3)4/h6-9,12H,1,5H2,2-4H3/b8-7-,10-9+. The minimum atomic E-state index is 0.280. The minimum Gasteiger partial charge on any atom is -0.273 e. The molecule has 0 aliphatic heterocycles. The van der Waals surface area contributed by atoms with Crippen LogP contribution in [0, 0.1) is 0 Å². The van der Waals surface area contributed by atoms with Gasteiger partial charge in [-0.05, 0) is 6.72 Å². The molecule has 0 N–H and O–H groups in total. The van der Waals surface area contributed by atoms with Gasteiger partial charge in [-0.3, -0.25) is 4.99 Å². The van der Waals surface area contributed by atoms with E-state index in [0.717, 1.165) is 7.28 Å². The molecule has 0 unspecified atom stereocenters. The van der Waals surface area contributed by atoms with Crippen molar-refractivity contribution >= 4 is 14.0 Å². The van der Waals surface area contributed by atoms with Crippen molar-refractivity contribution in [1.29, 1.82) is 0 Å². The maximum Gasteiger partial charge on any atom is 0.165 e. The highest BCUT2D eigenvalue weighted by molar-refractivity contribution is 6.49. The summed E-state index contributed by atoms with van der Waals surface area (Å²) in [7, 11) is 0.996. The van der Waals surface area contributed by atoms with Crippen molar-refractivity contribution in [2.75, 3.05) is 0 Å². The molecule has 2 heteroatoms. The number of nitrogens with zero attached hydrogens (tertiary/aromatic N) is 1. The molecule has 0 rings (SSSR count). The normalized spacial score (nSPS) is 13.0. The molecule has 0 amide bonds. The van der Waals surface area contributed by atoms with Crippen LogP contribution in [-0.2, 0) is 0 Å². The smallest absolute Gasteiger partial charge is 0.165 e. The molecule has 0 aromatic carbocycles. The number of allylic oxidation sites excluding steroid dienone is 4. The molecule has 0 atom stereocenters. The van der Waals surface area contributed by atoms with Gasteiger partial charge in [0, 0.05) is 6.20 Å². The van der Waals surface area contributed by atoms with E-state index in [-0.39, 0.29) is 5.31 Å². The summed E-state index contributed by atoms with van der Waals surface area (Å²) in [6.07, 6.45) is 7.50. The third kappa shape index (κ3) is 7.32. The Morgan fingerprint density at radius 1 is 1.38 bits per heavy atom. The molecule has 0 saturated carbocycles. The van der Waals surface area contributed by atoms with E-state index >= 15 is 0 Å². The van der Waals surface area contributed by atoms with Gasteiger partial charge in [-0.1, -0.05) is 56.4 Å². The molecule has 0 saturated heterocycles. The van der Waals surface area contributed by atoms with Gasteiger partial charge in [0.05, 0.1) is 0 Å². The van der Waals surface area contributed by atoms with E-state index in [1.54, 1.807) is 12.3 Å². The van der Waals surface area contributed by atoms with Crippen LogP contribution in [0.25, 0.3) is 0 Å². The summed E-state index contributed by atoms with van der Waals surface area (Å²) in [5.74, 6) is 0. The Bertz CT molecular complexity index is 231. The van der Waals surface area contributed by atoms with E-state index in [0.29, 0.717) is 0 Å². The molecule has 0 fully saturated rings. The summed E-state index contributed by atoms with van der Waals surface area (Å²) in [6.45, 7) is 13.7. The molecule has 0 aromatic heterocycles. The van der Waals surface area contributed by atoms with Crippen LogP contribution in [0.2, 0.25) is 5.31 Å². The Morgan fingerprint density at radius 2 is 2.00 bits per heavy atom. The Kier molecular flexibility index (Phi) is 5.13. The molecule has 70 valence electrons. The second kappa shape index (κ2) is 5.57. The SMILES string of the molecule is C=C/C=C\C(BC(C)(C)C)=C/N=C. The van der Waals surface area contributed by atoms with E-state index in [1.165, 1.54) is 5.47 Å². The monoisotopic (exact) mass is 175 g/mol. The van der Waals surface area contributed by atoms with Gasteiger partial charge < -0.3 is 0 Å². The first-order valence-corrected chi connectivity index (χ1v) is 4.43. The predicted octanol–water partition coefficient (Wildman–Crippen LogP) is 2.93. The van der Waals surface area contributed by atoms with Crippen molar-refractivity contribution in [3.63, 3.8) is 0 Å². The van der Waals surface area contributed by atoms with Crippen molar-refractivity contribution in [2.24, 2.45) is 4.99 Å². The quantitative estimate of drug-likeness (QED) is 0.354. The third-order valence-corrected chi connectivity index (χ3v) is 1.44. The Morgan fingerprint density at radius 3 is 2.38 bits per heavy atom. The van der Waals surface area contributed by atoms with Crippen LogP contribution >= 0.6 is 0 Å². The number of aliphatic imine (C=N–C) groups is 1. The first-order valence-electron chi connectivity index (χ1n) is 4.43. The number of hydrogen-bond donors (Lipinski definition) is 0. The van der Waals surface area contributed by atoms with Gasteiger partial charge in [0.15, 0.2) is 7.28 Å². The summed E-state index contributed by atoms with van der Waals surface area (Å²) in [5.41, 5.74) is 1.18. The van der Waals surface area contributed by atoms with Gasteiger partial charge in [-0.25, -0.2) is 0 Å². The topological polar surface area (TPSA) is 12.4 Å². The fourth-order valence-corrected chi connectivity index (χ4v) is 1.07. The van der Waals surface area contributed by atoms with E-state index in [9.17, 15) is 0 Å². The minimum absolute atomic E-state index is 0.280. The lowest BCUT2D eigenvalue weighted by molar-refractivity contribution is 0.757.